The fourth-order valence-corrected chi connectivity index (χ4v) is 1.75. The van der Waals surface area contributed by atoms with Crippen LogP contribution < -0.4 is 17.0 Å². The van der Waals surface area contributed by atoms with E-state index in [1.165, 1.54) is 37.0 Å². The number of rotatable bonds is 4. The van der Waals surface area contributed by atoms with E-state index in [1.807, 2.05) is 0 Å². The maximum atomic E-state index is 5.35. The summed E-state index contributed by atoms with van der Waals surface area (Å²) in [5.74, 6) is 0. The predicted octanol–water partition coefficient (Wildman–Crippen LogP) is -1.73. The van der Waals surface area contributed by atoms with Gasteiger partial charge in [-0.2, -0.15) is 0 Å². The summed E-state index contributed by atoms with van der Waals surface area (Å²) < 4.78 is 6.58. The fraction of sp³-hybridized carbons (Fsp3) is 1.00. The van der Waals surface area contributed by atoms with Crippen LogP contribution in [0.1, 0.15) is 19.8 Å². The van der Waals surface area contributed by atoms with Gasteiger partial charge in [0, 0.05) is 19.4 Å². The Morgan fingerprint density at radius 2 is 1.83 bits per heavy atom. The van der Waals surface area contributed by atoms with Crippen LogP contribution in [-0.4, -0.2) is 44.4 Å². The number of nitrogens with zero attached hydrogens (tertiary/aromatic N) is 1. The molecule has 0 aromatic carbocycles. The van der Waals surface area contributed by atoms with Crippen LogP contribution in [0.25, 0.3) is 0 Å². The van der Waals surface area contributed by atoms with E-state index in [4.69, 9.17) is 4.74 Å². The van der Waals surface area contributed by atoms with E-state index in [0.29, 0.717) is 0 Å². The maximum Gasteiger partial charge on any atom is 0.102 e. The number of hydrogen-bond acceptors (Lipinski definition) is 1. The van der Waals surface area contributed by atoms with Crippen LogP contribution in [-0.2, 0) is 4.74 Å². The molecule has 1 aliphatic rings. The van der Waals surface area contributed by atoms with Gasteiger partial charge in [0.25, 0.3) is 0 Å². The predicted molar refractivity (Wildman–Crippen MR) is 46.5 cm³/mol. The highest BCUT2D eigenvalue weighted by Crippen LogP contribution is 2.15. The molecule has 2 nitrogen and oxygen atoms in total. The lowest BCUT2D eigenvalue weighted by Gasteiger charge is -2.28. The molecule has 1 aliphatic heterocycles. The summed E-state index contributed by atoms with van der Waals surface area (Å²) in [5, 5.41) is 0. The van der Waals surface area contributed by atoms with E-state index in [1.54, 1.807) is 0 Å². The van der Waals surface area contributed by atoms with Crippen LogP contribution in [0.3, 0.4) is 0 Å². The molecule has 1 heterocycles. The highest BCUT2D eigenvalue weighted by atomic mass is 79.9. The molecule has 0 radical (unpaired) electrons. The van der Waals surface area contributed by atoms with Gasteiger partial charge in [-0.1, -0.05) is 0 Å². The minimum absolute atomic E-state index is 0. The Bertz CT molecular complexity index is 113. The largest absolute Gasteiger partial charge is 1.00 e. The Kier molecular flexibility index (Phi) is 6.14. The summed E-state index contributed by atoms with van der Waals surface area (Å²) in [4.78, 5) is 0. The van der Waals surface area contributed by atoms with E-state index < -0.39 is 0 Å². The first kappa shape index (κ1) is 12.4. The van der Waals surface area contributed by atoms with Crippen molar-refractivity contribution in [3.8, 4) is 0 Å². The lowest BCUT2D eigenvalue weighted by atomic mass is 10.4. The van der Waals surface area contributed by atoms with Crippen molar-refractivity contribution in [3.63, 3.8) is 0 Å². The number of likely N-dealkylation sites (tertiary alicyclic amines) is 1. The van der Waals surface area contributed by atoms with Crippen molar-refractivity contribution in [3.05, 3.63) is 0 Å². The fourth-order valence-electron chi connectivity index (χ4n) is 1.75. The molecule has 0 saturated carbocycles. The molecule has 0 aliphatic carbocycles. The van der Waals surface area contributed by atoms with Crippen LogP contribution in [0, 0.1) is 0 Å². The zero-order valence-corrected chi connectivity index (χ0v) is 9.77. The summed E-state index contributed by atoms with van der Waals surface area (Å²) in [6, 6.07) is 0. The Morgan fingerprint density at radius 3 is 2.33 bits per heavy atom. The second kappa shape index (κ2) is 5.95. The van der Waals surface area contributed by atoms with Gasteiger partial charge < -0.3 is 26.2 Å². The minimum atomic E-state index is 0. The van der Waals surface area contributed by atoms with Crippen molar-refractivity contribution in [1.29, 1.82) is 0 Å². The highest BCUT2D eigenvalue weighted by molar-refractivity contribution is 4.51. The van der Waals surface area contributed by atoms with Gasteiger partial charge in [0.2, 0.25) is 0 Å². The molecule has 0 atom stereocenters. The zero-order valence-electron chi connectivity index (χ0n) is 8.18. The number of halogens is 1. The van der Waals surface area contributed by atoms with E-state index in [-0.39, 0.29) is 17.0 Å². The molecule has 0 unspecified atom stereocenters. The molecule has 12 heavy (non-hydrogen) atoms. The van der Waals surface area contributed by atoms with Crippen molar-refractivity contribution in [2.45, 2.75) is 19.8 Å². The molecule has 0 bridgehead atoms. The van der Waals surface area contributed by atoms with Gasteiger partial charge in [-0.15, -0.1) is 0 Å². The van der Waals surface area contributed by atoms with E-state index in [9.17, 15) is 0 Å². The number of hydrogen-bond donors (Lipinski definition) is 0. The van der Waals surface area contributed by atoms with Crippen LogP contribution in [0.5, 0.6) is 0 Å². The average molecular weight is 238 g/mol. The van der Waals surface area contributed by atoms with Crippen molar-refractivity contribution in [2.24, 2.45) is 0 Å². The molecular formula is C9H20BrNO. The van der Waals surface area contributed by atoms with Crippen molar-refractivity contribution < 1.29 is 26.2 Å². The Hall–Kier alpha value is 0.400. The second-order valence-corrected chi connectivity index (χ2v) is 3.69. The summed E-state index contributed by atoms with van der Waals surface area (Å²) in [6.07, 6.45) is 2.81. The Balaban J connectivity index is 0.00000121. The minimum Gasteiger partial charge on any atom is -1.00 e. The molecule has 1 rings (SSSR count). The molecule has 74 valence electrons. The van der Waals surface area contributed by atoms with Crippen LogP contribution in [0.2, 0.25) is 0 Å². The molecule has 1 fully saturated rings. The Morgan fingerprint density at radius 1 is 1.25 bits per heavy atom. The number of likely N-dealkylation sites (N-methyl/N-ethyl adjacent to an activating group) is 1. The Labute approximate surface area is 86.2 Å². The molecule has 0 spiro atoms. The summed E-state index contributed by atoms with van der Waals surface area (Å²) in [6.45, 7) is 7.77. The third kappa shape index (κ3) is 3.87. The lowest BCUT2D eigenvalue weighted by Crippen LogP contribution is -3.00. The summed E-state index contributed by atoms with van der Waals surface area (Å²) >= 11 is 0. The number of ether oxygens (including phenoxy) is 1. The van der Waals surface area contributed by atoms with E-state index in [2.05, 4.69) is 14.0 Å². The van der Waals surface area contributed by atoms with E-state index in [0.717, 1.165) is 13.2 Å². The third-order valence-corrected chi connectivity index (χ3v) is 2.63. The lowest BCUT2D eigenvalue weighted by molar-refractivity contribution is -0.898. The van der Waals surface area contributed by atoms with Gasteiger partial charge in [-0.25, -0.2) is 0 Å². The zero-order chi connectivity index (χ0) is 8.16. The first-order chi connectivity index (χ1) is 5.27. The molecule has 0 N–H and O–H groups in total. The number of quaternary nitrogens is 1. The SMILES string of the molecule is CCOCC[N+]1(C)CCCC1.[Br-]. The molecule has 0 aromatic heterocycles. The van der Waals surface area contributed by atoms with Crippen LogP contribution in [0.4, 0.5) is 0 Å². The first-order valence-corrected chi connectivity index (χ1v) is 4.68. The topological polar surface area (TPSA) is 9.23 Å². The monoisotopic (exact) mass is 237 g/mol. The summed E-state index contributed by atoms with van der Waals surface area (Å²) in [5.41, 5.74) is 0. The smallest absolute Gasteiger partial charge is 0.102 e. The van der Waals surface area contributed by atoms with Gasteiger partial charge >= 0.3 is 0 Å². The quantitative estimate of drug-likeness (QED) is 0.417. The third-order valence-electron chi connectivity index (χ3n) is 2.63. The van der Waals surface area contributed by atoms with E-state index >= 15 is 0 Å². The van der Waals surface area contributed by atoms with Gasteiger partial charge in [0.15, 0.2) is 0 Å². The normalized spacial score (nSPS) is 20.5. The standard InChI is InChI=1S/C9H20NO.BrH/c1-3-11-9-8-10(2)6-4-5-7-10;/h3-9H2,1-2H3;1H/q+1;/p-1. The van der Waals surface area contributed by atoms with Crippen molar-refractivity contribution >= 4 is 0 Å². The molecule has 0 amide bonds. The van der Waals surface area contributed by atoms with Gasteiger partial charge in [0.05, 0.1) is 26.7 Å². The highest BCUT2D eigenvalue weighted by Gasteiger charge is 2.25. The molecule has 3 heteroatoms. The van der Waals surface area contributed by atoms with Crippen molar-refractivity contribution in [1.82, 2.24) is 0 Å². The molecular weight excluding hydrogens is 218 g/mol. The molecule has 1 saturated heterocycles. The second-order valence-electron chi connectivity index (χ2n) is 3.69. The average Bonchev–Trinajstić information content (AvgIpc) is 2.38. The maximum absolute atomic E-state index is 5.35. The van der Waals surface area contributed by atoms with Gasteiger partial charge in [0.1, 0.15) is 6.54 Å². The van der Waals surface area contributed by atoms with Crippen LogP contribution >= 0.6 is 0 Å². The van der Waals surface area contributed by atoms with Crippen LogP contribution in [0.15, 0.2) is 0 Å². The first-order valence-electron chi connectivity index (χ1n) is 4.68. The molecule has 0 aromatic rings. The summed E-state index contributed by atoms with van der Waals surface area (Å²) in [7, 11) is 2.34. The van der Waals surface area contributed by atoms with Gasteiger partial charge in [-0.3, -0.25) is 0 Å². The van der Waals surface area contributed by atoms with Crippen molar-refractivity contribution in [2.75, 3.05) is 39.9 Å². The van der Waals surface area contributed by atoms with Gasteiger partial charge in [-0.05, 0) is 6.92 Å².